The Morgan fingerprint density at radius 3 is 2.89 bits per heavy atom. The number of hydrogen-bond acceptors (Lipinski definition) is 2. The first-order valence-corrected chi connectivity index (χ1v) is 6.99. The van der Waals surface area contributed by atoms with Crippen LogP contribution in [0, 0.1) is 11.7 Å². The normalized spacial score (nSPS) is 20.8. The Labute approximate surface area is 113 Å². The molecular weight excluding hydrogens is 251 g/mol. The fourth-order valence-corrected chi connectivity index (χ4v) is 2.81. The van der Waals surface area contributed by atoms with Gasteiger partial charge in [0.1, 0.15) is 5.82 Å². The molecular formula is C14H20ClFN2. The average molecular weight is 271 g/mol. The van der Waals surface area contributed by atoms with Crippen molar-refractivity contribution < 1.29 is 4.39 Å². The molecule has 2 N–H and O–H groups in total. The lowest BCUT2D eigenvalue weighted by molar-refractivity contribution is 0.459. The smallest absolute Gasteiger partial charge is 0.144 e. The van der Waals surface area contributed by atoms with E-state index in [0.717, 1.165) is 37.5 Å². The molecule has 2 nitrogen and oxygen atoms in total. The molecule has 0 amide bonds. The molecule has 1 saturated heterocycles. The molecule has 4 heteroatoms. The first-order chi connectivity index (χ1) is 8.61. The second kappa shape index (κ2) is 5.79. The van der Waals surface area contributed by atoms with Crippen molar-refractivity contribution >= 4 is 23.0 Å². The van der Waals surface area contributed by atoms with Crippen molar-refractivity contribution in [1.29, 1.82) is 0 Å². The third kappa shape index (κ3) is 2.89. The van der Waals surface area contributed by atoms with Crippen LogP contribution in [0.1, 0.15) is 32.6 Å². The Balaban J connectivity index is 2.18. The van der Waals surface area contributed by atoms with Crippen LogP contribution in [0.4, 0.5) is 15.8 Å². The molecule has 0 radical (unpaired) electrons. The number of hydrogen-bond donors (Lipinski definition) is 1. The predicted molar refractivity (Wildman–Crippen MR) is 75.7 cm³/mol. The lowest BCUT2D eigenvalue weighted by Gasteiger charge is -2.24. The van der Waals surface area contributed by atoms with E-state index in [1.165, 1.54) is 25.0 Å². The maximum absolute atomic E-state index is 13.5. The Bertz CT molecular complexity index is 423. The monoisotopic (exact) mass is 270 g/mol. The van der Waals surface area contributed by atoms with Crippen LogP contribution >= 0.6 is 11.6 Å². The van der Waals surface area contributed by atoms with Gasteiger partial charge in [-0.25, -0.2) is 4.39 Å². The lowest BCUT2D eigenvalue weighted by Crippen LogP contribution is -2.25. The molecule has 18 heavy (non-hydrogen) atoms. The predicted octanol–water partition coefficient (Wildman–Crippen LogP) is 4.08. The Hall–Kier alpha value is -0.960. The first kappa shape index (κ1) is 13.5. The van der Waals surface area contributed by atoms with Crippen molar-refractivity contribution in [2.45, 2.75) is 32.6 Å². The molecule has 1 fully saturated rings. The fourth-order valence-electron chi connectivity index (χ4n) is 2.64. The molecule has 0 spiro atoms. The Morgan fingerprint density at radius 1 is 1.39 bits per heavy atom. The minimum atomic E-state index is -0.392. The summed E-state index contributed by atoms with van der Waals surface area (Å²) in [7, 11) is 0. The first-order valence-electron chi connectivity index (χ1n) is 6.61. The summed E-state index contributed by atoms with van der Waals surface area (Å²) in [5.74, 6) is 0.394. The molecule has 0 aliphatic carbocycles. The van der Waals surface area contributed by atoms with Gasteiger partial charge < -0.3 is 10.6 Å². The molecule has 0 aromatic heterocycles. The largest absolute Gasteiger partial charge is 0.397 e. The van der Waals surface area contributed by atoms with E-state index in [4.69, 9.17) is 17.3 Å². The van der Waals surface area contributed by atoms with Crippen LogP contribution < -0.4 is 10.6 Å². The van der Waals surface area contributed by atoms with Crippen LogP contribution in [0.15, 0.2) is 12.1 Å². The maximum atomic E-state index is 13.5. The number of nitrogens with two attached hydrogens (primary N) is 1. The molecule has 1 aliphatic rings. The summed E-state index contributed by atoms with van der Waals surface area (Å²) >= 11 is 5.73. The van der Waals surface area contributed by atoms with Gasteiger partial charge in [0.05, 0.1) is 16.4 Å². The molecule has 1 atom stereocenters. The van der Waals surface area contributed by atoms with Crippen LogP contribution in [0.5, 0.6) is 0 Å². The van der Waals surface area contributed by atoms with E-state index in [1.54, 1.807) is 0 Å². The van der Waals surface area contributed by atoms with E-state index in [0.29, 0.717) is 5.69 Å². The van der Waals surface area contributed by atoms with Crippen LogP contribution in [0.3, 0.4) is 0 Å². The second-order valence-electron chi connectivity index (χ2n) is 5.02. The van der Waals surface area contributed by atoms with Gasteiger partial charge in [0.15, 0.2) is 0 Å². The standard InChI is InChI=1S/C14H20ClFN2/c1-2-10-4-3-6-18(7-5-10)14-9-12(16)11(15)8-13(14)17/h8-10H,2-7,17H2,1H3. The Morgan fingerprint density at radius 2 is 2.17 bits per heavy atom. The van der Waals surface area contributed by atoms with Gasteiger partial charge in [-0.05, 0) is 31.2 Å². The second-order valence-corrected chi connectivity index (χ2v) is 5.42. The lowest BCUT2D eigenvalue weighted by atomic mass is 9.98. The topological polar surface area (TPSA) is 29.3 Å². The van der Waals surface area contributed by atoms with Gasteiger partial charge in [0, 0.05) is 19.2 Å². The quantitative estimate of drug-likeness (QED) is 0.821. The number of rotatable bonds is 2. The summed E-state index contributed by atoms with van der Waals surface area (Å²) < 4.78 is 13.5. The maximum Gasteiger partial charge on any atom is 0.144 e. The summed E-state index contributed by atoms with van der Waals surface area (Å²) in [5, 5.41) is 0.0949. The van der Waals surface area contributed by atoms with Gasteiger partial charge in [0.25, 0.3) is 0 Å². The summed E-state index contributed by atoms with van der Waals surface area (Å²) in [4.78, 5) is 2.18. The molecule has 100 valence electrons. The third-order valence-corrected chi connectivity index (χ3v) is 4.12. The number of nitrogens with zero attached hydrogens (tertiary/aromatic N) is 1. The van der Waals surface area contributed by atoms with Crippen LogP contribution in [0.25, 0.3) is 0 Å². The molecule has 1 aromatic rings. The average Bonchev–Trinajstić information content (AvgIpc) is 2.59. The summed E-state index contributed by atoms with van der Waals surface area (Å²) in [6.45, 7) is 4.13. The van der Waals surface area contributed by atoms with Gasteiger partial charge in [-0.1, -0.05) is 24.9 Å². The van der Waals surface area contributed by atoms with Gasteiger partial charge in [-0.2, -0.15) is 0 Å². The zero-order valence-corrected chi connectivity index (χ0v) is 11.5. The van der Waals surface area contributed by atoms with Crippen molar-refractivity contribution in [1.82, 2.24) is 0 Å². The van der Waals surface area contributed by atoms with Crippen LogP contribution in [-0.2, 0) is 0 Å². The number of anilines is 2. The van der Waals surface area contributed by atoms with E-state index in [2.05, 4.69) is 11.8 Å². The molecule has 1 heterocycles. The highest BCUT2D eigenvalue weighted by molar-refractivity contribution is 6.31. The molecule has 1 aromatic carbocycles. The summed E-state index contributed by atoms with van der Waals surface area (Å²) in [5.41, 5.74) is 7.30. The highest BCUT2D eigenvalue weighted by atomic mass is 35.5. The van der Waals surface area contributed by atoms with Gasteiger partial charge >= 0.3 is 0 Å². The Kier molecular flexibility index (Phi) is 4.33. The minimum Gasteiger partial charge on any atom is -0.397 e. The minimum absolute atomic E-state index is 0.0949. The molecule has 0 saturated carbocycles. The zero-order valence-electron chi connectivity index (χ0n) is 10.8. The van der Waals surface area contributed by atoms with E-state index in [-0.39, 0.29) is 5.02 Å². The van der Waals surface area contributed by atoms with Gasteiger partial charge in [0.2, 0.25) is 0 Å². The van der Waals surface area contributed by atoms with Gasteiger partial charge in [-0.15, -0.1) is 0 Å². The van der Waals surface area contributed by atoms with E-state index < -0.39 is 5.82 Å². The molecule has 1 aliphatic heterocycles. The number of benzene rings is 1. The van der Waals surface area contributed by atoms with E-state index in [9.17, 15) is 4.39 Å². The van der Waals surface area contributed by atoms with Crippen molar-refractivity contribution in [3.05, 3.63) is 23.0 Å². The summed E-state index contributed by atoms with van der Waals surface area (Å²) in [6.07, 6.45) is 4.77. The van der Waals surface area contributed by atoms with Crippen LogP contribution in [0.2, 0.25) is 5.02 Å². The van der Waals surface area contributed by atoms with Gasteiger partial charge in [-0.3, -0.25) is 0 Å². The highest BCUT2D eigenvalue weighted by Gasteiger charge is 2.18. The zero-order chi connectivity index (χ0) is 13.1. The number of halogens is 2. The fraction of sp³-hybridized carbons (Fsp3) is 0.571. The molecule has 1 unspecified atom stereocenters. The van der Waals surface area contributed by atoms with Crippen molar-refractivity contribution in [2.75, 3.05) is 23.7 Å². The SMILES string of the molecule is CCC1CCCN(c2cc(F)c(Cl)cc2N)CC1. The number of nitrogen functional groups attached to an aromatic ring is 1. The van der Waals surface area contributed by atoms with Crippen molar-refractivity contribution in [3.63, 3.8) is 0 Å². The summed E-state index contributed by atoms with van der Waals surface area (Å²) in [6, 6.07) is 2.97. The van der Waals surface area contributed by atoms with E-state index >= 15 is 0 Å². The van der Waals surface area contributed by atoms with Crippen molar-refractivity contribution in [3.8, 4) is 0 Å². The molecule has 2 rings (SSSR count). The molecule has 0 bridgehead atoms. The van der Waals surface area contributed by atoms with E-state index in [1.807, 2.05) is 0 Å². The van der Waals surface area contributed by atoms with Crippen molar-refractivity contribution in [2.24, 2.45) is 5.92 Å². The highest BCUT2D eigenvalue weighted by Crippen LogP contribution is 2.32. The van der Waals surface area contributed by atoms with Crippen LogP contribution in [-0.4, -0.2) is 13.1 Å². The third-order valence-electron chi connectivity index (χ3n) is 3.84.